The zero-order chi connectivity index (χ0) is 18.1. The Bertz CT molecular complexity index is 836. The molecule has 3 N–H and O–H groups in total. The van der Waals surface area contributed by atoms with Crippen molar-refractivity contribution in [1.29, 1.82) is 0 Å². The van der Waals surface area contributed by atoms with Crippen LogP contribution in [-0.2, 0) is 4.79 Å². The number of piperidine rings is 1. The van der Waals surface area contributed by atoms with E-state index >= 15 is 0 Å². The third-order valence-corrected chi connectivity index (χ3v) is 4.60. The number of ether oxygens (including phenoxy) is 3. The number of aromatic nitrogens is 2. The van der Waals surface area contributed by atoms with Gasteiger partial charge in [0.1, 0.15) is 11.6 Å². The van der Waals surface area contributed by atoms with Crippen LogP contribution in [-0.4, -0.2) is 46.5 Å². The minimum Gasteiger partial charge on any atom is -0.478 e. The minimum atomic E-state index is -1.30. The highest BCUT2D eigenvalue weighted by Crippen LogP contribution is 2.38. The summed E-state index contributed by atoms with van der Waals surface area (Å²) >= 11 is 0. The number of hydrogen-bond acceptors (Lipinski definition) is 8. The van der Waals surface area contributed by atoms with Gasteiger partial charge in [-0.25, -0.2) is 9.78 Å². The van der Waals surface area contributed by atoms with Gasteiger partial charge in [0, 0.05) is 38.2 Å². The smallest absolute Gasteiger partial charge is 0.348 e. The molecule has 4 rings (SSSR count). The molecule has 1 saturated heterocycles. The number of rotatable bonds is 4. The molecule has 2 aliphatic rings. The summed E-state index contributed by atoms with van der Waals surface area (Å²) in [4.78, 5) is 22.0. The van der Waals surface area contributed by atoms with Gasteiger partial charge >= 0.3 is 5.97 Å². The summed E-state index contributed by atoms with van der Waals surface area (Å²) in [6, 6.07) is 6.81. The average Bonchev–Trinajstić information content (AvgIpc) is 3.10. The highest BCUT2D eigenvalue weighted by atomic mass is 16.7. The summed E-state index contributed by atoms with van der Waals surface area (Å²) in [5.41, 5.74) is 4.32. The van der Waals surface area contributed by atoms with Crippen molar-refractivity contribution in [1.82, 2.24) is 9.97 Å². The Hall–Kier alpha value is -3.23. The lowest BCUT2D eigenvalue weighted by Crippen LogP contribution is -2.53. The number of nitrogens with zero attached hydrogens (tertiary/aromatic N) is 3. The van der Waals surface area contributed by atoms with Gasteiger partial charge in [-0.15, -0.1) is 0 Å². The van der Waals surface area contributed by atoms with Crippen LogP contribution >= 0.6 is 0 Å². The van der Waals surface area contributed by atoms with Crippen LogP contribution in [0.25, 0.3) is 0 Å². The molecular weight excluding hydrogens is 340 g/mol. The van der Waals surface area contributed by atoms with Crippen molar-refractivity contribution in [2.75, 3.05) is 30.5 Å². The summed E-state index contributed by atoms with van der Waals surface area (Å²) in [6.45, 7) is 1.11. The molecule has 0 radical (unpaired) electrons. The lowest BCUT2D eigenvalue weighted by molar-refractivity contribution is -0.157. The molecule has 0 aliphatic carbocycles. The predicted molar refractivity (Wildman–Crippen MR) is 91.5 cm³/mol. The molecular formula is C17H18N4O5. The Kier molecular flexibility index (Phi) is 3.90. The second kappa shape index (κ2) is 6.25. The second-order valence-corrected chi connectivity index (χ2v) is 6.18. The van der Waals surface area contributed by atoms with E-state index in [1.54, 1.807) is 30.5 Å². The number of fused-ring (bicyclic) bond motifs is 1. The number of benzene rings is 1. The second-order valence-electron chi connectivity index (χ2n) is 6.18. The van der Waals surface area contributed by atoms with Gasteiger partial charge in [-0.3, -0.25) is 0 Å². The monoisotopic (exact) mass is 358 g/mol. The zero-order valence-corrected chi connectivity index (χ0v) is 13.9. The van der Waals surface area contributed by atoms with E-state index in [0.717, 1.165) is 0 Å². The van der Waals surface area contributed by atoms with E-state index in [9.17, 15) is 9.90 Å². The van der Waals surface area contributed by atoms with Crippen LogP contribution in [0.1, 0.15) is 12.8 Å². The third-order valence-electron chi connectivity index (χ3n) is 4.60. The van der Waals surface area contributed by atoms with E-state index in [4.69, 9.17) is 19.9 Å². The van der Waals surface area contributed by atoms with Gasteiger partial charge < -0.3 is 30.0 Å². The van der Waals surface area contributed by atoms with Crippen molar-refractivity contribution < 1.29 is 24.1 Å². The Morgan fingerprint density at radius 1 is 1.23 bits per heavy atom. The maximum absolute atomic E-state index is 12.0. The van der Waals surface area contributed by atoms with Gasteiger partial charge in [0.05, 0.1) is 0 Å². The number of carboxylic acid groups (broad SMARTS) is 1. The standard InChI is InChI=1S/C17H18N4O5/c18-16-19-6-3-14(20-16)21-7-4-17(5-8-21,15(22)23)26-11-1-2-12-13(9-11)25-10-24-12/h1-3,6,9H,4-5,7-8,10H2,(H,22,23)(H2,18,19,20). The Morgan fingerprint density at radius 2 is 2.00 bits per heavy atom. The number of nitrogens with two attached hydrogens (primary N) is 1. The summed E-state index contributed by atoms with van der Waals surface area (Å²) in [5.74, 6) is 1.50. The molecule has 2 aliphatic heterocycles. The molecule has 2 aromatic rings. The molecule has 0 saturated carbocycles. The molecule has 136 valence electrons. The molecule has 1 aromatic heterocycles. The summed E-state index contributed by atoms with van der Waals surface area (Å²) in [7, 11) is 0. The van der Waals surface area contributed by atoms with E-state index in [2.05, 4.69) is 9.97 Å². The summed E-state index contributed by atoms with van der Waals surface area (Å²) in [5, 5.41) is 9.80. The predicted octanol–water partition coefficient (Wildman–Crippen LogP) is 1.29. The van der Waals surface area contributed by atoms with Gasteiger partial charge in [0.2, 0.25) is 18.3 Å². The largest absolute Gasteiger partial charge is 0.478 e. The highest BCUT2D eigenvalue weighted by Gasteiger charge is 2.44. The molecule has 0 bridgehead atoms. The maximum atomic E-state index is 12.0. The molecule has 3 heterocycles. The molecule has 9 nitrogen and oxygen atoms in total. The maximum Gasteiger partial charge on any atom is 0.348 e. The van der Waals surface area contributed by atoms with Crippen LogP contribution in [0.15, 0.2) is 30.5 Å². The van der Waals surface area contributed by atoms with Crippen molar-refractivity contribution in [3.05, 3.63) is 30.5 Å². The lowest BCUT2D eigenvalue weighted by Gasteiger charge is -2.39. The first-order valence-electron chi connectivity index (χ1n) is 8.21. The Labute approximate surface area is 149 Å². The highest BCUT2D eigenvalue weighted by molar-refractivity contribution is 5.78. The topological polar surface area (TPSA) is 120 Å². The number of carbonyl (C=O) groups is 1. The first-order chi connectivity index (χ1) is 12.6. The molecule has 0 atom stereocenters. The average molecular weight is 358 g/mol. The van der Waals surface area contributed by atoms with Crippen LogP contribution in [0.3, 0.4) is 0 Å². The van der Waals surface area contributed by atoms with Crippen LogP contribution in [0.4, 0.5) is 11.8 Å². The number of nitrogen functional groups attached to an aromatic ring is 1. The van der Waals surface area contributed by atoms with Gasteiger partial charge in [0.15, 0.2) is 11.5 Å². The molecule has 1 aromatic carbocycles. The molecule has 1 fully saturated rings. The van der Waals surface area contributed by atoms with Gasteiger partial charge in [-0.05, 0) is 18.2 Å². The van der Waals surface area contributed by atoms with Crippen LogP contribution in [0.5, 0.6) is 17.2 Å². The van der Waals surface area contributed by atoms with Gasteiger partial charge in [0.25, 0.3) is 0 Å². The molecule has 0 spiro atoms. The third kappa shape index (κ3) is 2.92. The molecule has 0 unspecified atom stereocenters. The van der Waals surface area contributed by atoms with Crippen molar-refractivity contribution in [2.45, 2.75) is 18.4 Å². The van der Waals surface area contributed by atoms with E-state index in [1.165, 1.54) is 0 Å². The fourth-order valence-electron chi connectivity index (χ4n) is 3.16. The minimum absolute atomic E-state index is 0.153. The molecule has 26 heavy (non-hydrogen) atoms. The molecule has 9 heteroatoms. The van der Waals surface area contributed by atoms with Crippen molar-refractivity contribution in [2.24, 2.45) is 0 Å². The normalized spacial score (nSPS) is 17.8. The van der Waals surface area contributed by atoms with Crippen molar-refractivity contribution >= 4 is 17.7 Å². The van der Waals surface area contributed by atoms with Crippen LogP contribution < -0.4 is 24.8 Å². The Balaban J connectivity index is 1.51. The van der Waals surface area contributed by atoms with E-state index in [0.29, 0.717) is 49.0 Å². The summed E-state index contributed by atoms with van der Waals surface area (Å²) in [6.07, 6.45) is 2.20. The number of hydrogen-bond donors (Lipinski definition) is 2. The van der Waals surface area contributed by atoms with Gasteiger partial charge in [-0.2, -0.15) is 4.98 Å². The number of anilines is 2. The van der Waals surface area contributed by atoms with E-state index < -0.39 is 11.6 Å². The van der Waals surface area contributed by atoms with Crippen LogP contribution in [0.2, 0.25) is 0 Å². The first kappa shape index (κ1) is 16.2. The van der Waals surface area contributed by atoms with Crippen LogP contribution in [0, 0.1) is 0 Å². The van der Waals surface area contributed by atoms with Crippen molar-refractivity contribution in [3.8, 4) is 17.2 Å². The number of aliphatic carboxylic acids is 1. The lowest BCUT2D eigenvalue weighted by atomic mass is 9.91. The van der Waals surface area contributed by atoms with E-state index in [1.807, 2.05) is 4.90 Å². The quantitative estimate of drug-likeness (QED) is 0.833. The Morgan fingerprint density at radius 3 is 2.73 bits per heavy atom. The zero-order valence-electron chi connectivity index (χ0n) is 13.9. The fraction of sp³-hybridized carbons (Fsp3) is 0.353. The van der Waals surface area contributed by atoms with E-state index in [-0.39, 0.29) is 12.7 Å². The summed E-state index contributed by atoms with van der Waals surface area (Å²) < 4.78 is 16.5. The molecule has 0 amide bonds. The van der Waals surface area contributed by atoms with Gasteiger partial charge in [-0.1, -0.05) is 0 Å². The fourth-order valence-corrected chi connectivity index (χ4v) is 3.16. The number of carboxylic acids is 1. The first-order valence-corrected chi connectivity index (χ1v) is 8.21. The van der Waals surface area contributed by atoms with Crippen molar-refractivity contribution in [3.63, 3.8) is 0 Å². The SMILES string of the molecule is Nc1nccc(N2CCC(Oc3ccc4c(c3)OCO4)(C(=O)O)CC2)n1.